The maximum absolute atomic E-state index is 10.4. The minimum Gasteiger partial charge on any atom is -0.490 e. The first-order valence-corrected chi connectivity index (χ1v) is 8.54. The van der Waals surface area contributed by atoms with Crippen LogP contribution in [0.25, 0.3) is 0 Å². The average molecular weight is 343 g/mol. The number of fused-ring (bicyclic) bond motifs is 1. The third-order valence-electron chi connectivity index (χ3n) is 4.53. The fraction of sp³-hybridized carbons (Fsp3) is 0.474. The van der Waals surface area contributed by atoms with Crippen LogP contribution >= 0.6 is 0 Å². The maximum atomic E-state index is 10.4. The summed E-state index contributed by atoms with van der Waals surface area (Å²) in [4.78, 5) is 10.7. The number of aliphatic hydroxyl groups excluding tert-OH is 1. The number of aromatic nitrogens is 2. The third-order valence-corrected chi connectivity index (χ3v) is 4.53. The molecule has 1 N–H and O–H groups in total. The number of para-hydroxylation sites is 1. The summed E-state index contributed by atoms with van der Waals surface area (Å²) >= 11 is 0. The Morgan fingerprint density at radius 3 is 2.72 bits per heavy atom. The van der Waals surface area contributed by atoms with Gasteiger partial charge in [-0.1, -0.05) is 18.2 Å². The van der Waals surface area contributed by atoms with Crippen molar-refractivity contribution in [3.8, 4) is 11.6 Å². The van der Waals surface area contributed by atoms with Crippen LogP contribution in [0.1, 0.15) is 22.4 Å². The van der Waals surface area contributed by atoms with Crippen LogP contribution in [0.15, 0.2) is 24.5 Å². The second kappa shape index (κ2) is 7.80. The van der Waals surface area contributed by atoms with Crippen molar-refractivity contribution in [1.29, 1.82) is 0 Å². The number of methoxy groups -OCH3 is 1. The molecule has 6 heteroatoms. The zero-order valence-electron chi connectivity index (χ0n) is 15.0. The first kappa shape index (κ1) is 17.6. The van der Waals surface area contributed by atoms with Crippen LogP contribution in [0.3, 0.4) is 0 Å². The molecule has 6 nitrogen and oxygen atoms in total. The molecule has 1 aromatic heterocycles. The van der Waals surface area contributed by atoms with Crippen molar-refractivity contribution in [2.24, 2.45) is 0 Å². The molecule has 0 amide bonds. The van der Waals surface area contributed by atoms with E-state index in [0.29, 0.717) is 19.0 Å². The molecule has 1 unspecified atom stereocenters. The van der Waals surface area contributed by atoms with Gasteiger partial charge >= 0.3 is 0 Å². The van der Waals surface area contributed by atoms with Crippen LogP contribution < -0.4 is 9.47 Å². The van der Waals surface area contributed by atoms with Gasteiger partial charge in [-0.25, -0.2) is 9.97 Å². The fourth-order valence-corrected chi connectivity index (χ4v) is 3.26. The Morgan fingerprint density at radius 2 is 2.00 bits per heavy atom. The summed E-state index contributed by atoms with van der Waals surface area (Å²) in [6.07, 6.45) is 1.82. The highest BCUT2D eigenvalue weighted by Crippen LogP contribution is 2.25. The molecule has 1 atom stereocenters. The van der Waals surface area contributed by atoms with E-state index in [0.717, 1.165) is 41.1 Å². The zero-order valence-corrected chi connectivity index (χ0v) is 15.0. The number of aliphatic hydroxyl groups is 1. The van der Waals surface area contributed by atoms with Crippen molar-refractivity contribution < 1.29 is 14.6 Å². The normalized spacial score (nSPS) is 15.5. The van der Waals surface area contributed by atoms with Crippen LogP contribution in [0, 0.1) is 13.8 Å². The van der Waals surface area contributed by atoms with Crippen molar-refractivity contribution in [3.63, 3.8) is 0 Å². The van der Waals surface area contributed by atoms with E-state index in [2.05, 4.69) is 14.9 Å². The molecule has 0 spiro atoms. The molecule has 25 heavy (non-hydrogen) atoms. The van der Waals surface area contributed by atoms with Gasteiger partial charge in [-0.15, -0.1) is 0 Å². The molecule has 0 bridgehead atoms. The Hall–Kier alpha value is -2.18. The monoisotopic (exact) mass is 343 g/mol. The molecule has 1 aliphatic heterocycles. The van der Waals surface area contributed by atoms with Gasteiger partial charge in [0.05, 0.1) is 12.8 Å². The summed E-state index contributed by atoms with van der Waals surface area (Å²) in [7, 11) is 1.62. The van der Waals surface area contributed by atoms with Crippen molar-refractivity contribution in [2.45, 2.75) is 32.9 Å². The first-order valence-electron chi connectivity index (χ1n) is 8.54. The standard InChI is InChI=1S/C19H25N3O3/c1-13-5-4-6-14(2)18(13)25-11-15(23)9-22-8-7-17-16(10-22)19(24-3)21-12-20-17/h4-6,12,15,23H,7-11H2,1-3H3. The average Bonchev–Trinajstić information content (AvgIpc) is 2.60. The van der Waals surface area contributed by atoms with Gasteiger partial charge in [0.1, 0.15) is 24.8 Å². The first-order chi connectivity index (χ1) is 12.1. The van der Waals surface area contributed by atoms with Gasteiger partial charge in [-0.2, -0.15) is 0 Å². The van der Waals surface area contributed by atoms with E-state index < -0.39 is 6.10 Å². The predicted octanol–water partition coefficient (Wildman–Crippen LogP) is 1.90. The van der Waals surface area contributed by atoms with Gasteiger partial charge in [-0.05, 0) is 25.0 Å². The Kier molecular flexibility index (Phi) is 5.50. The molecule has 0 radical (unpaired) electrons. The lowest BCUT2D eigenvalue weighted by Crippen LogP contribution is -2.39. The van der Waals surface area contributed by atoms with E-state index in [1.54, 1.807) is 13.4 Å². The Bertz CT molecular complexity index is 701. The summed E-state index contributed by atoms with van der Waals surface area (Å²) in [5, 5.41) is 10.4. The maximum Gasteiger partial charge on any atom is 0.220 e. The zero-order chi connectivity index (χ0) is 17.8. The Balaban J connectivity index is 1.58. The van der Waals surface area contributed by atoms with Gasteiger partial charge in [0.25, 0.3) is 0 Å². The summed E-state index contributed by atoms with van der Waals surface area (Å²) in [6.45, 7) is 6.39. The lowest BCUT2D eigenvalue weighted by Gasteiger charge is -2.30. The molecule has 1 aliphatic rings. The number of β-amino-alcohol motifs (C(OH)–C–C–N with tert-alkyl or cyclic N) is 1. The van der Waals surface area contributed by atoms with Crippen LogP contribution in [0.5, 0.6) is 11.6 Å². The fourth-order valence-electron chi connectivity index (χ4n) is 3.26. The molecular formula is C19H25N3O3. The Labute approximate surface area is 148 Å². The number of benzene rings is 1. The van der Waals surface area contributed by atoms with Crippen LogP contribution in [0.4, 0.5) is 0 Å². The number of hydrogen-bond donors (Lipinski definition) is 1. The van der Waals surface area contributed by atoms with Crippen molar-refractivity contribution in [2.75, 3.05) is 26.8 Å². The number of rotatable bonds is 6. The number of aryl methyl sites for hydroxylation is 2. The summed E-state index contributed by atoms with van der Waals surface area (Å²) in [5.41, 5.74) is 4.21. The van der Waals surface area contributed by atoms with Crippen molar-refractivity contribution >= 4 is 0 Å². The largest absolute Gasteiger partial charge is 0.490 e. The summed E-state index contributed by atoms with van der Waals surface area (Å²) in [6, 6.07) is 6.04. The number of nitrogens with zero attached hydrogens (tertiary/aromatic N) is 3. The summed E-state index contributed by atoms with van der Waals surface area (Å²) in [5.74, 6) is 1.48. The highest BCUT2D eigenvalue weighted by atomic mass is 16.5. The number of ether oxygens (including phenoxy) is 2. The van der Waals surface area contributed by atoms with E-state index in [1.165, 1.54) is 0 Å². The van der Waals surface area contributed by atoms with Gasteiger partial charge in [0, 0.05) is 31.6 Å². The molecule has 0 saturated carbocycles. The van der Waals surface area contributed by atoms with E-state index in [-0.39, 0.29) is 6.61 Å². The van der Waals surface area contributed by atoms with Gasteiger partial charge in [0.15, 0.2) is 0 Å². The Morgan fingerprint density at radius 1 is 1.24 bits per heavy atom. The van der Waals surface area contributed by atoms with Gasteiger partial charge in [0.2, 0.25) is 5.88 Å². The topological polar surface area (TPSA) is 67.7 Å². The van der Waals surface area contributed by atoms with Crippen LogP contribution in [-0.4, -0.2) is 52.9 Å². The van der Waals surface area contributed by atoms with Gasteiger partial charge < -0.3 is 14.6 Å². The second-order valence-electron chi connectivity index (χ2n) is 6.48. The molecule has 1 aromatic carbocycles. The molecule has 3 rings (SSSR count). The van der Waals surface area contributed by atoms with E-state index >= 15 is 0 Å². The van der Waals surface area contributed by atoms with E-state index in [4.69, 9.17) is 9.47 Å². The quantitative estimate of drug-likeness (QED) is 0.864. The third kappa shape index (κ3) is 4.08. The lowest BCUT2D eigenvalue weighted by atomic mass is 10.1. The predicted molar refractivity (Wildman–Crippen MR) is 95.0 cm³/mol. The smallest absolute Gasteiger partial charge is 0.220 e. The second-order valence-corrected chi connectivity index (χ2v) is 6.48. The highest BCUT2D eigenvalue weighted by molar-refractivity contribution is 5.39. The number of hydrogen-bond acceptors (Lipinski definition) is 6. The van der Waals surface area contributed by atoms with Gasteiger partial charge in [-0.3, -0.25) is 4.90 Å². The molecule has 2 heterocycles. The molecule has 0 fully saturated rings. The lowest BCUT2D eigenvalue weighted by molar-refractivity contribution is 0.0626. The highest BCUT2D eigenvalue weighted by Gasteiger charge is 2.23. The van der Waals surface area contributed by atoms with Crippen LogP contribution in [0.2, 0.25) is 0 Å². The summed E-state index contributed by atoms with van der Waals surface area (Å²) < 4.78 is 11.2. The van der Waals surface area contributed by atoms with E-state index in [9.17, 15) is 5.11 Å². The van der Waals surface area contributed by atoms with Crippen molar-refractivity contribution in [3.05, 3.63) is 46.9 Å². The minimum atomic E-state index is -0.559. The molecule has 0 saturated heterocycles. The van der Waals surface area contributed by atoms with Crippen molar-refractivity contribution in [1.82, 2.24) is 14.9 Å². The SMILES string of the molecule is COc1ncnc2c1CN(CC(O)COc1c(C)cccc1C)CC2. The molecule has 2 aromatic rings. The molecule has 134 valence electrons. The van der Waals surface area contributed by atoms with E-state index in [1.807, 2.05) is 32.0 Å². The molecular weight excluding hydrogens is 318 g/mol. The minimum absolute atomic E-state index is 0.275. The van der Waals surface area contributed by atoms with Crippen LogP contribution in [-0.2, 0) is 13.0 Å². The molecule has 0 aliphatic carbocycles.